The first-order chi connectivity index (χ1) is 12.6. The van der Waals surface area contributed by atoms with E-state index in [4.69, 9.17) is 10.5 Å². The van der Waals surface area contributed by atoms with Gasteiger partial charge in [-0.25, -0.2) is 4.98 Å². The number of nitrogens with two attached hydrogens (primary N) is 1. The Hall–Kier alpha value is -2.93. The number of hydrogen-bond donors (Lipinski definition) is 2. The van der Waals surface area contributed by atoms with Crippen LogP contribution in [0.2, 0.25) is 0 Å². The molecular formula is C19H22N4O3. The van der Waals surface area contributed by atoms with Crippen LogP contribution in [0.15, 0.2) is 48.7 Å². The zero-order chi connectivity index (χ0) is 18.5. The molecule has 3 N–H and O–H groups in total. The van der Waals surface area contributed by atoms with Crippen LogP contribution in [0.25, 0.3) is 0 Å². The Bertz CT molecular complexity index is 764. The van der Waals surface area contributed by atoms with Gasteiger partial charge in [0.2, 0.25) is 11.8 Å². The van der Waals surface area contributed by atoms with Gasteiger partial charge in [-0.1, -0.05) is 30.3 Å². The Morgan fingerprint density at radius 3 is 2.54 bits per heavy atom. The molecule has 1 saturated heterocycles. The number of hydrogen-bond acceptors (Lipinski definition) is 5. The van der Waals surface area contributed by atoms with E-state index in [1.807, 2.05) is 35.2 Å². The lowest BCUT2D eigenvalue weighted by molar-refractivity contribution is -0.125. The highest BCUT2D eigenvalue weighted by molar-refractivity contribution is 5.95. The van der Waals surface area contributed by atoms with E-state index < -0.39 is 18.0 Å². The normalized spacial score (nSPS) is 19.9. The highest BCUT2D eigenvalue weighted by Crippen LogP contribution is 2.27. The molecule has 26 heavy (non-hydrogen) atoms. The van der Waals surface area contributed by atoms with Crippen molar-refractivity contribution in [1.82, 2.24) is 9.88 Å². The third-order valence-corrected chi connectivity index (χ3v) is 4.58. The van der Waals surface area contributed by atoms with Gasteiger partial charge in [0.15, 0.2) is 0 Å². The number of amides is 2. The minimum Gasteiger partial charge on any atom is -0.495 e. The second-order valence-corrected chi connectivity index (χ2v) is 6.24. The number of carbonyl (C=O) groups is 2. The van der Waals surface area contributed by atoms with Crippen molar-refractivity contribution in [3.8, 4) is 5.75 Å². The van der Waals surface area contributed by atoms with Gasteiger partial charge in [0.1, 0.15) is 11.6 Å². The number of anilines is 1. The van der Waals surface area contributed by atoms with Gasteiger partial charge >= 0.3 is 0 Å². The fourth-order valence-corrected chi connectivity index (χ4v) is 3.25. The summed E-state index contributed by atoms with van der Waals surface area (Å²) < 4.78 is 5.06. The van der Waals surface area contributed by atoms with Gasteiger partial charge in [0, 0.05) is 6.54 Å². The molecule has 0 aliphatic carbocycles. The van der Waals surface area contributed by atoms with Crippen LogP contribution in [-0.4, -0.2) is 40.9 Å². The highest BCUT2D eigenvalue weighted by Gasteiger charge is 2.40. The predicted molar refractivity (Wildman–Crippen MR) is 97.4 cm³/mol. The summed E-state index contributed by atoms with van der Waals surface area (Å²) >= 11 is 0. The molecule has 0 unspecified atom stereocenters. The van der Waals surface area contributed by atoms with Crippen LogP contribution in [0.1, 0.15) is 18.4 Å². The number of nitrogens with one attached hydrogen (secondary N) is 1. The van der Waals surface area contributed by atoms with Crippen LogP contribution in [0.4, 0.5) is 5.82 Å². The fourth-order valence-electron chi connectivity index (χ4n) is 3.25. The molecule has 2 heterocycles. The molecule has 2 atom stereocenters. The van der Waals surface area contributed by atoms with E-state index in [0.717, 1.165) is 5.56 Å². The van der Waals surface area contributed by atoms with Crippen LogP contribution in [0.5, 0.6) is 5.75 Å². The summed E-state index contributed by atoms with van der Waals surface area (Å²) in [6, 6.07) is 12.3. The first-order valence-electron chi connectivity index (χ1n) is 8.48. The molecule has 1 aromatic carbocycles. The minimum absolute atomic E-state index is 0.192. The van der Waals surface area contributed by atoms with E-state index >= 15 is 0 Å². The number of aromatic nitrogens is 1. The van der Waals surface area contributed by atoms with E-state index in [-0.39, 0.29) is 5.91 Å². The Morgan fingerprint density at radius 2 is 1.92 bits per heavy atom. The van der Waals surface area contributed by atoms with Crippen LogP contribution >= 0.6 is 0 Å². The molecule has 2 aromatic rings. The van der Waals surface area contributed by atoms with Crippen molar-refractivity contribution in [3.05, 3.63) is 54.2 Å². The van der Waals surface area contributed by atoms with Gasteiger partial charge in [0.05, 0.1) is 25.4 Å². The van der Waals surface area contributed by atoms with E-state index in [1.54, 1.807) is 19.2 Å². The zero-order valence-electron chi connectivity index (χ0n) is 14.6. The first kappa shape index (κ1) is 17.9. The molecule has 0 spiro atoms. The third-order valence-electron chi connectivity index (χ3n) is 4.58. The molecule has 0 bridgehead atoms. The Balaban J connectivity index is 1.74. The van der Waals surface area contributed by atoms with Crippen LogP contribution in [-0.2, 0) is 16.1 Å². The number of carbonyl (C=O) groups excluding carboxylic acids is 2. The number of primary amides is 1. The number of ether oxygens (including phenoxy) is 1. The summed E-state index contributed by atoms with van der Waals surface area (Å²) in [6.45, 7) is 0.489. The van der Waals surface area contributed by atoms with Crippen molar-refractivity contribution in [3.63, 3.8) is 0 Å². The van der Waals surface area contributed by atoms with Crippen molar-refractivity contribution in [2.75, 3.05) is 12.4 Å². The number of methoxy groups -OCH3 is 1. The highest BCUT2D eigenvalue weighted by atomic mass is 16.5. The monoisotopic (exact) mass is 354 g/mol. The summed E-state index contributed by atoms with van der Waals surface area (Å²) in [4.78, 5) is 30.6. The molecular weight excluding hydrogens is 332 g/mol. The van der Waals surface area contributed by atoms with Crippen molar-refractivity contribution in [2.24, 2.45) is 5.73 Å². The lowest BCUT2D eigenvalue weighted by Gasteiger charge is -2.27. The van der Waals surface area contributed by atoms with Crippen molar-refractivity contribution in [2.45, 2.75) is 31.5 Å². The van der Waals surface area contributed by atoms with E-state index in [2.05, 4.69) is 10.3 Å². The second-order valence-electron chi connectivity index (χ2n) is 6.24. The summed E-state index contributed by atoms with van der Waals surface area (Å²) in [5.74, 6) is 0.461. The zero-order valence-corrected chi connectivity index (χ0v) is 14.6. The van der Waals surface area contributed by atoms with Gasteiger partial charge in [-0.2, -0.15) is 0 Å². The lowest BCUT2D eigenvalue weighted by atomic mass is 10.1. The number of rotatable bonds is 6. The minimum atomic E-state index is -0.449. The van der Waals surface area contributed by atoms with Gasteiger partial charge in [-0.3, -0.25) is 14.5 Å². The van der Waals surface area contributed by atoms with Crippen LogP contribution < -0.4 is 15.8 Å². The topological polar surface area (TPSA) is 97.5 Å². The molecule has 3 rings (SSSR count). The molecule has 7 nitrogen and oxygen atoms in total. The van der Waals surface area contributed by atoms with Crippen molar-refractivity contribution < 1.29 is 14.3 Å². The second kappa shape index (κ2) is 7.97. The maximum absolute atomic E-state index is 12.8. The average molecular weight is 354 g/mol. The average Bonchev–Trinajstić information content (AvgIpc) is 3.07. The lowest BCUT2D eigenvalue weighted by Crippen LogP contribution is -2.47. The van der Waals surface area contributed by atoms with Crippen molar-refractivity contribution >= 4 is 17.6 Å². The van der Waals surface area contributed by atoms with Gasteiger partial charge < -0.3 is 15.8 Å². The van der Waals surface area contributed by atoms with E-state index in [9.17, 15) is 9.59 Å². The Morgan fingerprint density at radius 1 is 1.19 bits per heavy atom. The fraction of sp³-hybridized carbons (Fsp3) is 0.316. The third kappa shape index (κ3) is 4.00. The molecule has 1 fully saturated rings. The molecule has 7 heteroatoms. The SMILES string of the molecule is COc1ccc(NC(=O)[C@H]2CC[C@@H](C(N)=O)N2Cc2ccccc2)nc1. The maximum Gasteiger partial charge on any atom is 0.242 e. The molecule has 1 aromatic heterocycles. The summed E-state index contributed by atoms with van der Waals surface area (Å²) in [5.41, 5.74) is 6.58. The Labute approximate surface area is 152 Å². The quantitative estimate of drug-likeness (QED) is 0.820. The van der Waals surface area contributed by atoms with Crippen molar-refractivity contribution in [1.29, 1.82) is 0 Å². The predicted octanol–water partition coefficient (Wildman–Crippen LogP) is 1.55. The van der Waals surface area contributed by atoms with Crippen LogP contribution in [0.3, 0.4) is 0 Å². The molecule has 2 amide bonds. The van der Waals surface area contributed by atoms with E-state index in [1.165, 1.54) is 6.20 Å². The number of likely N-dealkylation sites (tertiary alicyclic amines) is 1. The molecule has 1 aliphatic heterocycles. The number of nitrogens with zero attached hydrogens (tertiary/aromatic N) is 2. The molecule has 136 valence electrons. The van der Waals surface area contributed by atoms with E-state index in [0.29, 0.717) is 31.0 Å². The maximum atomic E-state index is 12.8. The smallest absolute Gasteiger partial charge is 0.242 e. The van der Waals surface area contributed by atoms with Crippen LogP contribution in [0, 0.1) is 0 Å². The number of benzene rings is 1. The number of pyridine rings is 1. The van der Waals surface area contributed by atoms with Gasteiger partial charge in [0.25, 0.3) is 0 Å². The summed E-state index contributed by atoms with van der Waals surface area (Å²) in [7, 11) is 1.55. The first-order valence-corrected chi connectivity index (χ1v) is 8.48. The molecule has 1 aliphatic rings. The standard InChI is InChI=1S/C19H22N4O3/c1-26-14-7-10-17(21-11-14)22-19(25)16-9-8-15(18(20)24)23(16)12-13-5-3-2-4-6-13/h2-7,10-11,15-16H,8-9,12H2,1H3,(H2,20,24)(H,21,22,25)/t15-,16+/m0/s1. The molecule has 0 radical (unpaired) electrons. The summed E-state index contributed by atoms with van der Waals surface area (Å²) in [6.07, 6.45) is 2.68. The summed E-state index contributed by atoms with van der Waals surface area (Å²) in [5, 5.41) is 2.81. The largest absolute Gasteiger partial charge is 0.495 e. The molecule has 0 saturated carbocycles. The Kier molecular flexibility index (Phi) is 5.48. The van der Waals surface area contributed by atoms with Gasteiger partial charge in [-0.05, 0) is 30.5 Å². The van der Waals surface area contributed by atoms with Gasteiger partial charge in [-0.15, -0.1) is 0 Å².